The van der Waals surface area contributed by atoms with Crippen LogP contribution in [0.5, 0.6) is 5.75 Å². The number of hydrogen-bond acceptors (Lipinski definition) is 4. The van der Waals surface area contributed by atoms with Gasteiger partial charge in [-0.25, -0.2) is 13.9 Å². The molecule has 0 spiro atoms. The van der Waals surface area contributed by atoms with Gasteiger partial charge in [0.25, 0.3) is 0 Å². The van der Waals surface area contributed by atoms with Crippen molar-refractivity contribution in [3.63, 3.8) is 0 Å². The number of halogens is 1. The zero-order chi connectivity index (χ0) is 15.4. The molecule has 2 rings (SSSR count). The van der Waals surface area contributed by atoms with E-state index < -0.39 is 12.1 Å². The van der Waals surface area contributed by atoms with Gasteiger partial charge in [0, 0.05) is 5.92 Å². The van der Waals surface area contributed by atoms with Gasteiger partial charge in [0.05, 0.1) is 19.5 Å². The molecule has 0 saturated carbocycles. The molecule has 0 aliphatic carbocycles. The van der Waals surface area contributed by atoms with Crippen molar-refractivity contribution in [2.45, 2.75) is 20.0 Å². The van der Waals surface area contributed by atoms with Crippen molar-refractivity contribution in [3.05, 3.63) is 42.5 Å². The van der Waals surface area contributed by atoms with Crippen molar-refractivity contribution < 1.29 is 18.7 Å². The third kappa shape index (κ3) is 3.39. The van der Waals surface area contributed by atoms with Gasteiger partial charge in [-0.05, 0) is 12.1 Å². The molecule has 0 bridgehead atoms. The molecule has 1 atom stereocenters. The highest BCUT2D eigenvalue weighted by Crippen LogP contribution is 2.19. The predicted octanol–water partition coefficient (Wildman–Crippen LogP) is 2.59. The molecule has 1 unspecified atom stereocenters. The number of para-hydroxylation sites is 1. The van der Waals surface area contributed by atoms with E-state index in [9.17, 15) is 9.18 Å². The quantitative estimate of drug-likeness (QED) is 0.795. The van der Waals surface area contributed by atoms with Crippen LogP contribution in [0, 0.1) is 11.7 Å². The Morgan fingerprint density at radius 3 is 2.67 bits per heavy atom. The summed E-state index contributed by atoms with van der Waals surface area (Å²) in [4.78, 5) is 11.7. The SMILES string of the molecule is COC(=O)C(Oc1cnn(-c2ccccc2F)c1)C(C)C. The smallest absolute Gasteiger partial charge is 0.347 e. The lowest BCUT2D eigenvalue weighted by molar-refractivity contribution is -0.150. The maximum absolute atomic E-state index is 13.7. The maximum Gasteiger partial charge on any atom is 0.347 e. The summed E-state index contributed by atoms with van der Waals surface area (Å²) < 4.78 is 25.3. The maximum atomic E-state index is 13.7. The average molecular weight is 292 g/mol. The number of carbonyl (C=O) groups excluding carboxylic acids is 1. The first-order valence-corrected chi connectivity index (χ1v) is 6.57. The molecule has 0 amide bonds. The summed E-state index contributed by atoms with van der Waals surface area (Å²) >= 11 is 0. The molecule has 0 saturated heterocycles. The van der Waals surface area contributed by atoms with Crippen LogP contribution in [0.15, 0.2) is 36.7 Å². The fourth-order valence-corrected chi connectivity index (χ4v) is 1.86. The molecule has 0 radical (unpaired) electrons. The van der Waals surface area contributed by atoms with Gasteiger partial charge < -0.3 is 9.47 Å². The van der Waals surface area contributed by atoms with Crippen LogP contribution in [0.2, 0.25) is 0 Å². The summed E-state index contributed by atoms with van der Waals surface area (Å²) in [5, 5.41) is 4.04. The Morgan fingerprint density at radius 1 is 1.33 bits per heavy atom. The molecule has 112 valence electrons. The topological polar surface area (TPSA) is 53.4 Å². The van der Waals surface area contributed by atoms with E-state index in [1.165, 1.54) is 30.3 Å². The van der Waals surface area contributed by atoms with Gasteiger partial charge in [0.1, 0.15) is 11.5 Å². The second-order valence-electron chi connectivity index (χ2n) is 4.88. The van der Waals surface area contributed by atoms with E-state index >= 15 is 0 Å². The number of hydrogen-bond donors (Lipinski definition) is 0. The summed E-state index contributed by atoms with van der Waals surface area (Å²) in [7, 11) is 1.31. The van der Waals surface area contributed by atoms with Crippen molar-refractivity contribution in [1.29, 1.82) is 0 Å². The Morgan fingerprint density at radius 2 is 2.05 bits per heavy atom. The minimum absolute atomic E-state index is 0.0609. The average Bonchev–Trinajstić information content (AvgIpc) is 2.92. The zero-order valence-electron chi connectivity index (χ0n) is 12.1. The van der Waals surface area contributed by atoms with Gasteiger partial charge in [-0.2, -0.15) is 5.10 Å². The lowest BCUT2D eigenvalue weighted by Gasteiger charge is -2.18. The second-order valence-corrected chi connectivity index (χ2v) is 4.88. The van der Waals surface area contributed by atoms with E-state index in [0.717, 1.165) is 0 Å². The van der Waals surface area contributed by atoms with E-state index in [4.69, 9.17) is 9.47 Å². The highest BCUT2D eigenvalue weighted by molar-refractivity contribution is 5.75. The van der Waals surface area contributed by atoms with Gasteiger partial charge in [-0.3, -0.25) is 0 Å². The summed E-state index contributed by atoms with van der Waals surface area (Å²) in [6.07, 6.45) is 2.23. The van der Waals surface area contributed by atoms with Gasteiger partial charge >= 0.3 is 5.97 Å². The number of aromatic nitrogens is 2. The molecule has 5 nitrogen and oxygen atoms in total. The van der Waals surface area contributed by atoms with Gasteiger partial charge in [0.2, 0.25) is 0 Å². The standard InChI is InChI=1S/C15H17FN2O3/c1-10(2)14(15(19)20-3)21-11-8-17-18(9-11)13-7-5-4-6-12(13)16/h4-10,14H,1-3H3. The number of nitrogens with zero attached hydrogens (tertiary/aromatic N) is 2. The molecule has 6 heteroatoms. The van der Waals surface area contributed by atoms with Crippen LogP contribution in [0.1, 0.15) is 13.8 Å². The Labute approximate surface area is 122 Å². The Kier molecular flexibility index (Phi) is 4.57. The van der Waals surface area contributed by atoms with E-state index in [1.807, 2.05) is 13.8 Å². The Bertz CT molecular complexity index is 625. The molecule has 1 aromatic heterocycles. The van der Waals surface area contributed by atoms with Crippen LogP contribution in [0.3, 0.4) is 0 Å². The Hall–Kier alpha value is -2.37. The monoisotopic (exact) mass is 292 g/mol. The molecule has 2 aromatic rings. The van der Waals surface area contributed by atoms with Crippen molar-refractivity contribution >= 4 is 5.97 Å². The fourth-order valence-electron chi connectivity index (χ4n) is 1.86. The van der Waals surface area contributed by atoms with Crippen LogP contribution in [0.25, 0.3) is 5.69 Å². The van der Waals surface area contributed by atoms with E-state index in [-0.39, 0.29) is 11.7 Å². The largest absolute Gasteiger partial charge is 0.475 e. The van der Waals surface area contributed by atoms with Crippen LogP contribution < -0.4 is 4.74 Å². The van der Waals surface area contributed by atoms with Gasteiger partial charge in [0.15, 0.2) is 11.9 Å². The minimum atomic E-state index is -0.728. The summed E-state index contributed by atoms with van der Waals surface area (Å²) in [5.41, 5.74) is 0.312. The zero-order valence-corrected chi connectivity index (χ0v) is 12.1. The van der Waals surface area contributed by atoms with E-state index in [2.05, 4.69) is 5.10 Å². The first-order chi connectivity index (χ1) is 10.0. The van der Waals surface area contributed by atoms with Crippen LogP contribution in [-0.2, 0) is 9.53 Å². The molecule has 0 fully saturated rings. The number of esters is 1. The van der Waals surface area contributed by atoms with Crippen molar-refractivity contribution in [1.82, 2.24) is 9.78 Å². The molecule has 21 heavy (non-hydrogen) atoms. The third-order valence-electron chi connectivity index (χ3n) is 2.96. The number of rotatable bonds is 5. The molecular weight excluding hydrogens is 275 g/mol. The van der Waals surface area contributed by atoms with Crippen LogP contribution >= 0.6 is 0 Å². The summed E-state index contributed by atoms with van der Waals surface area (Å²) in [5.74, 6) is -0.527. The molecule has 0 aliphatic rings. The van der Waals surface area contributed by atoms with Crippen molar-refractivity contribution in [2.75, 3.05) is 7.11 Å². The number of methoxy groups -OCH3 is 1. The molecule has 1 heterocycles. The second kappa shape index (κ2) is 6.39. The third-order valence-corrected chi connectivity index (χ3v) is 2.96. The number of carbonyl (C=O) groups is 1. The highest BCUT2D eigenvalue weighted by atomic mass is 19.1. The van der Waals surface area contributed by atoms with Gasteiger partial charge in [-0.15, -0.1) is 0 Å². The number of ether oxygens (including phenoxy) is 2. The Balaban J connectivity index is 2.20. The summed E-state index contributed by atoms with van der Waals surface area (Å²) in [6.45, 7) is 3.70. The molecular formula is C15H17FN2O3. The first-order valence-electron chi connectivity index (χ1n) is 6.57. The van der Waals surface area contributed by atoms with Crippen LogP contribution in [0.4, 0.5) is 4.39 Å². The van der Waals surface area contributed by atoms with E-state index in [1.54, 1.807) is 18.2 Å². The van der Waals surface area contributed by atoms with Crippen molar-refractivity contribution in [2.24, 2.45) is 5.92 Å². The van der Waals surface area contributed by atoms with Gasteiger partial charge in [-0.1, -0.05) is 26.0 Å². The highest BCUT2D eigenvalue weighted by Gasteiger charge is 2.25. The lowest BCUT2D eigenvalue weighted by Crippen LogP contribution is -2.33. The van der Waals surface area contributed by atoms with Crippen molar-refractivity contribution in [3.8, 4) is 11.4 Å². The van der Waals surface area contributed by atoms with Crippen LogP contribution in [-0.4, -0.2) is 29.0 Å². The first kappa shape index (κ1) is 15.0. The lowest BCUT2D eigenvalue weighted by atomic mass is 10.1. The predicted molar refractivity (Wildman–Crippen MR) is 74.8 cm³/mol. The number of benzene rings is 1. The molecule has 1 aromatic carbocycles. The normalized spacial score (nSPS) is 12.2. The minimum Gasteiger partial charge on any atom is -0.475 e. The molecule has 0 N–H and O–H groups in total. The fraction of sp³-hybridized carbons (Fsp3) is 0.333. The summed E-state index contributed by atoms with van der Waals surface area (Å²) in [6, 6.07) is 6.27. The molecule has 0 aliphatic heterocycles. The van der Waals surface area contributed by atoms with E-state index in [0.29, 0.717) is 11.4 Å².